The molecule has 2 atom stereocenters. The van der Waals surface area contributed by atoms with E-state index in [0.29, 0.717) is 5.41 Å². The van der Waals surface area contributed by atoms with Crippen LogP contribution in [-0.2, 0) is 0 Å². The molecule has 0 bridgehead atoms. The molecule has 0 aromatic rings. The van der Waals surface area contributed by atoms with Gasteiger partial charge in [-0.2, -0.15) is 0 Å². The fraction of sp³-hybridized carbons (Fsp3) is 1.00. The summed E-state index contributed by atoms with van der Waals surface area (Å²) in [7, 11) is 2.28. The van der Waals surface area contributed by atoms with Crippen LogP contribution >= 0.6 is 0 Å². The normalized spacial score (nSPS) is 29.4. The van der Waals surface area contributed by atoms with E-state index in [1.807, 2.05) is 0 Å². The summed E-state index contributed by atoms with van der Waals surface area (Å²) in [5, 5.41) is 3.73. The lowest BCUT2D eigenvalue weighted by molar-refractivity contribution is 0.0595. The van der Waals surface area contributed by atoms with Crippen molar-refractivity contribution in [3.8, 4) is 0 Å². The van der Waals surface area contributed by atoms with Gasteiger partial charge in [0.15, 0.2) is 0 Å². The molecule has 1 saturated heterocycles. The molecular formula is C16H33N3. The number of nitrogens with one attached hydrogen (secondary N) is 1. The highest BCUT2D eigenvalue weighted by atomic mass is 15.3. The van der Waals surface area contributed by atoms with Gasteiger partial charge in [0.2, 0.25) is 0 Å². The fourth-order valence-electron chi connectivity index (χ4n) is 3.11. The molecule has 1 aliphatic carbocycles. The zero-order chi connectivity index (χ0) is 13.9. The van der Waals surface area contributed by atoms with E-state index in [2.05, 4.69) is 42.9 Å². The second kappa shape index (κ2) is 6.55. The second-order valence-corrected chi connectivity index (χ2v) is 7.10. The third kappa shape index (κ3) is 4.44. The molecule has 3 heteroatoms. The summed E-state index contributed by atoms with van der Waals surface area (Å²) in [6, 6.07) is 1.59. The van der Waals surface area contributed by atoms with E-state index in [0.717, 1.165) is 12.1 Å². The minimum absolute atomic E-state index is 0.441. The maximum atomic E-state index is 3.73. The van der Waals surface area contributed by atoms with Crippen LogP contribution < -0.4 is 5.32 Å². The van der Waals surface area contributed by atoms with Gasteiger partial charge < -0.3 is 10.2 Å². The third-order valence-corrected chi connectivity index (χ3v) is 5.19. The third-order valence-electron chi connectivity index (χ3n) is 5.19. The average Bonchev–Trinajstić information content (AvgIpc) is 3.23. The summed E-state index contributed by atoms with van der Waals surface area (Å²) < 4.78 is 0. The lowest BCUT2D eigenvalue weighted by Crippen LogP contribution is -2.54. The predicted octanol–water partition coefficient (Wildman–Crippen LogP) is 2.18. The van der Waals surface area contributed by atoms with Gasteiger partial charge in [-0.25, -0.2) is 0 Å². The Labute approximate surface area is 119 Å². The summed E-state index contributed by atoms with van der Waals surface area (Å²) in [5.41, 5.74) is 0.441. The van der Waals surface area contributed by atoms with Crippen LogP contribution in [0.15, 0.2) is 0 Å². The second-order valence-electron chi connectivity index (χ2n) is 7.10. The molecule has 0 amide bonds. The quantitative estimate of drug-likeness (QED) is 0.763. The number of hydrogen-bond acceptors (Lipinski definition) is 3. The zero-order valence-electron chi connectivity index (χ0n) is 13.4. The van der Waals surface area contributed by atoms with Gasteiger partial charge in [0.1, 0.15) is 0 Å². The van der Waals surface area contributed by atoms with E-state index < -0.39 is 0 Å². The summed E-state index contributed by atoms with van der Waals surface area (Å²) in [5.74, 6) is 0. The molecule has 1 heterocycles. The Hall–Kier alpha value is -0.120. The van der Waals surface area contributed by atoms with Crippen LogP contribution in [0.1, 0.15) is 46.5 Å². The molecule has 112 valence electrons. The molecule has 1 N–H and O–H groups in total. The molecule has 2 rings (SSSR count). The highest BCUT2D eigenvalue weighted by Gasteiger charge is 2.31. The first-order valence-electron chi connectivity index (χ1n) is 8.22. The van der Waals surface area contributed by atoms with Crippen LogP contribution in [0.3, 0.4) is 0 Å². The molecular weight excluding hydrogens is 234 g/mol. The first kappa shape index (κ1) is 15.3. The van der Waals surface area contributed by atoms with Crippen LogP contribution in [0, 0.1) is 5.41 Å². The summed E-state index contributed by atoms with van der Waals surface area (Å²) in [6.45, 7) is 13.3. The Kier molecular flexibility index (Phi) is 5.27. The number of rotatable bonds is 7. The Morgan fingerprint density at radius 3 is 2.53 bits per heavy atom. The maximum absolute atomic E-state index is 3.73. The first-order valence-corrected chi connectivity index (χ1v) is 8.22. The van der Waals surface area contributed by atoms with E-state index in [1.54, 1.807) is 0 Å². The number of piperazine rings is 1. The first-order chi connectivity index (χ1) is 9.06. The fourth-order valence-corrected chi connectivity index (χ4v) is 3.11. The van der Waals surface area contributed by atoms with E-state index in [1.165, 1.54) is 58.4 Å². The van der Waals surface area contributed by atoms with E-state index in [-0.39, 0.29) is 0 Å². The van der Waals surface area contributed by atoms with Gasteiger partial charge in [0.05, 0.1) is 0 Å². The van der Waals surface area contributed by atoms with Crippen molar-refractivity contribution in [3.05, 3.63) is 0 Å². The van der Waals surface area contributed by atoms with Crippen molar-refractivity contribution >= 4 is 0 Å². The van der Waals surface area contributed by atoms with Gasteiger partial charge in [-0.3, -0.25) is 4.90 Å². The summed E-state index contributed by atoms with van der Waals surface area (Å²) >= 11 is 0. The molecule has 0 aromatic carbocycles. The Morgan fingerprint density at radius 2 is 1.95 bits per heavy atom. The molecule has 3 nitrogen and oxygen atoms in total. The van der Waals surface area contributed by atoms with E-state index >= 15 is 0 Å². The molecule has 2 unspecified atom stereocenters. The molecule has 1 saturated carbocycles. The van der Waals surface area contributed by atoms with E-state index in [4.69, 9.17) is 0 Å². The minimum Gasteiger partial charge on any atom is -0.313 e. The van der Waals surface area contributed by atoms with Crippen LogP contribution in [0.25, 0.3) is 0 Å². The van der Waals surface area contributed by atoms with Gasteiger partial charge in [-0.05, 0) is 38.1 Å². The Balaban J connectivity index is 1.82. The highest BCUT2D eigenvalue weighted by Crippen LogP contribution is 2.26. The van der Waals surface area contributed by atoms with Crippen molar-refractivity contribution in [1.82, 2.24) is 15.1 Å². The SMILES string of the molecule is CCC1CN(CC(C)(CC)CNC2CC2)CCN1C. The highest BCUT2D eigenvalue weighted by molar-refractivity contribution is 4.88. The molecule has 0 radical (unpaired) electrons. The van der Waals surface area contributed by atoms with Crippen molar-refractivity contribution in [1.29, 1.82) is 0 Å². The van der Waals surface area contributed by atoms with Gasteiger partial charge in [-0.15, -0.1) is 0 Å². The smallest absolute Gasteiger partial charge is 0.0218 e. The molecule has 2 fully saturated rings. The topological polar surface area (TPSA) is 18.5 Å². The molecule has 0 aromatic heterocycles. The lowest BCUT2D eigenvalue weighted by Gasteiger charge is -2.43. The van der Waals surface area contributed by atoms with Crippen molar-refractivity contribution < 1.29 is 0 Å². The number of hydrogen-bond donors (Lipinski definition) is 1. The number of nitrogens with zero attached hydrogens (tertiary/aromatic N) is 2. The number of likely N-dealkylation sites (N-methyl/N-ethyl adjacent to an activating group) is 1. The van der Waals surface area contributed by atoms with Gasteiger partial charge >= 0.3 is 0 Å². The van der Waals surface area contributed by atoms with Gasteiger partial charge in [0, 0.05) is 44.8 Å². The van der Waals surface area contributed by atoms with Crippen molar-refractivity contribution in [2.24, 2.45) is 5.41 Å². The van der Waals surface area contributed by atoms with Crippen molar-refractivity contribution in [2.45, 2.75) is 58.5 Å². The van der Waals surface area contributed by atoms with Crippen molar-refractivity contribution in [3.63, 3.8) is 0 Å². The standard InChI is InChI=1S/C16H33N3/c1-5-15-11-19(10-9-18(15)4)13-16(3,6-2)12-17-14-7-8-14/h14-15,17H,5-13H2,1-4H3. The zero-order valence-corrected chi connectivity index (χ0v) is 13.4. The minimum atomic E-state index is 0.441. The van der Waals surface area contributed by atoms with E-state index in [9.17, 15) is 0 Å². The van der Waals surface area contributed by atoms with Gasteiger partial charge in [-0.1, -0.05) is 20.8 Å². The van der Waals surface area contributed by atoms with Crippen LogP contribution in [0.4, 0.5) is 0 Å². The molecule has 0 spiro atoms. The summed E-state index contributed by atoms with van der Waals surface area (Å²) in [4.78, 5) is 5.23. The maximum Gasteiger partial charge on any atom is 0.0218 e. The van der Waals surface area contributed by atoms with Crippen LogP contribution in [0.2, 0.25) is 0 Å². The average molecular weight is 267 g/mol. The van der Waals surface area contributed by atoms with Gasteiger partial charge in [0.25, 0.3) is 0 Å². The summed E-state index contributed by atoms with van der Waals surface area (Å²) in [6.07, 6.45) is 5.34. The van der Waals surface area contributed by atoms with Crippen molar-refractivity contribution in [2.75, 3.05) is 39.8 Å². The predicted molar refractivity (Wildman–Crippen MR) is 82.6 cm³/mol. The van der Waals surface area contributed by atoms with Crippen LogP contribution in [0.5, 0.6) is 0 Å². The lowest BCUT2D eigenvalue weighted by atomic mass is 9.86. The molecule has 1 aliphatic heterocycles. The monoisotopic (exact) mass is 267 g/mol. The Morgan fingerprint density at radius 1 is 1.21 bits per heavy atom. The largest absolute Gasteiger partial charge is 0.313 e. The molecule has 19 heavy (non-hydrogen) atoms. The Bertz CT molecular complexity index is 277. The van der Waals surface area contributed by atoms with Crippen LogP contribution in [-0.4, -0.2) is 61.7 Å². The molecule has 2 aliphatic rings.